The molecule has 0 spiro atoms. The van der Waals surface area contributed by atoms with Gasteiger partial charge in [-0.25, -0.2) is 0 Å². The van der Waals surface area contributed by atoms with E-state index < -0.39 is 0 Å². The SMILES string of the molecule is c1ccc(-c2cccc(C3Nc4ccccc4NC3c3ccc(-c4ccccc4)c4c3-c3cccc5cccc-4c35)c2)cc1. The van der Waals surface area contributed by atoms with Crippen LogP contribution in [0.15, 0.2) is 158 Å². The Morgan fingerprint density at radius 3 is 1.70 bits per heavy atom. The number of benzene rings is 7. The van der Waals surface area contributed by atoms with Crippen molar-refractivity contribution in [3.63, 3.8) is 0 Å². The molecule has 0 saturated carbocycles. The number of hydrogen-bond acceptors (Lipinski definition) is 2. The third kappa shape index (κ3) is 3.88. The summed E-state index contributed by atoms with van der Waals surface area (Å²) in [6, 6.07) is 57.3. The van der Waals surface area contributed by atoms with E-state index in [2.05, 4.69) is 168 Å². The second-order valence-electron chi connectivity index (χ2n) is 11.8. The molecule has 7 aromatic carbocycles. The van der Waals surface area contributed by atoms with Gasteiger partial charge >= 0.3 is 0 Å². The van der Waals surface area contributed by atoms with Gasteiger partial charge in [0, 0.05) is 0 Å². The second-order valence-corrected chi connectivity index (χ2v) is 11.8. The molecule has 0 fully saturated rings. The minimum atomic E-state index is -0.000866. The molecule has 7 aromatic rings. The van der Waals surface area contributed by atoms with Gasteiger partial charge in [-0.05, 0) is 84.6 Å². The molecule has 0 aromatic heterocycles. The molecule has 1 heterocycles. The van der Waals surface area contributed by atoms with Gasteiger partial charge in [0.25, 0.3) is 0 Å². The lowest BCUT2D eigenvalue weighted by Crippen LogP contribution is -2.30. The summed E-state index contributed by atoms with van der Waals surface area (Å²) in [5, 5.41) is 10.6. The fraction of sp³-hybridized carbons (Fsp3) is 0.0476. The lowest BCUT2D eigenvalue weighted by molar-refractivity contribution is 0.638. The maximum Gasteiger partial charge on any atom is 0.0764 e. The van der Waals surface area contributed by atoms with Crippen LogP contribution in [0.5, 0.6) is 0 Å². The Labute approximate surface area is 257 Å². The van der Waals surface area contributed by atoms with Crippen LogP contribution in [-0.4, -0.2) is 0 Å². The lowest BCUT2D eigenvalue weighted by Gasteiger charge is -2.38. The van der Waals surface area contributed by atoms with Crippen molar-refractivity contribution in [2.45, 2.75) is 12.1 Å². The molecule has 0 saturated heterocycles. The van der Waals surface area contributed by atoms with Crippen LogP contribution in [0.25, 0.3) is 55.3 Å². The van der Waals surface area contributed by atoms with Gasteiger partial charge in [-0.3, -0.25) is 0 Å². The maximum atomic E-state index is 4.01. The standard InChI is InChI=1S/C42H30N2/c1-3-12-27(13-4-1)30-18-9-19-31(26-30)41-42(44-37-23-8-7-22-36(37)43-41)35-25-24-32(28-14-5-2-6-15-28)39-33-20-10-16-29-17-11-21-34(38(29)33)40(35)39/h1-26,41-44H. The topological polar surface area (TPSA) is 24.1 Å². The Bertz CT molecular complexity index is 2180. The van der Waals surface area contributed by atoms with Crippen molar-refractivity contribution < 1.29 is 0 Å². The average Bonchev–Trinajstić information content (AvgIpc) is 3.44. The van der Waals surface area contributed by atoms with Gasteiger partial charge < -0.3 is 10.6 Å². The molecule has 0 radical (unpaired) electrons. The van der Waals surface area contributed by atoms with Gasteiger partial charge in [-0.2, -0.15) is 0 Å². The van der Waals surface area contributed by atoms with E-state index >= 15 is 0 Å². The number of fused-ring (bicyclic) bond motifs is 4. The summed E-state index contributed by atoms with van der Waals surface area (Å²) < 4.78 is 0. The van der Waals surface area contributed by atoms with E-state index in [0.29, 0.717) is 0 Å². The van der Waals surface area contributed by atoms with Crippen LogP contribution in [0.3, 0.4) is 0 Å². The molecule has 2 heteroatoms. The van der Waals surface area contributed by atoms with Crippen LogP contribution in [0.4, 0.5) is 11.4 Å². The van der Waals surface area contributed by atoms with E-state index in [1.807, 2.05) is 0 Å². The van der Waals surface area contributed by atoms with E-state index in [4.69, 9.17) is 0 Å². The predicted molar refractivity (Wildman–Crippen MR) is 185 cm³/mol. The molecule has 9 rings (SSSR count). The van der Waals surface area contributed by atoms with Crippen LogP contribution in [0.1, 0.15) is 23.2 Å². The average molecular weight is 563 g/mol. The number of nitrogens with one attached hydrogen (secondary N) is 2. The van der Waals surface area contributed by atoms with E-state index in [1.54, 1.807) is 0 Å². The van der Waals surface area contributed by atoms with Crippen LogP contribution in [0.2, 0.25) is 0 Å². The summed E-state index contributed by atoms with van der Waals surface area (Å²) in [6.45, 7) is 0. The predicted octanol–water partition coefficient (Wildman–Crippen LogP) is 11.1. The van der Waals surface area contributed by atoms with Gasteiger partial charge in [0.1, 0.15) is 0 Å². The van der Waals surface area contributed by atoms with Crippen molar-refractivity contribution in [3.05, 3.63) is 169 Å². The Hall–Kier alpha value is -5.60. The molecule has 1 aliphatic heterocycles. The number of hydrogen-bond donors (Lipinski definition) is 2. The molecule has 2 N–H and O–H groups in total. The van der Waals surface area contributed by atoms with Crippen LogP contribution in [-0.2, 0) is 0 Å². The third-order valence-electron chi connectivity index (χ3n) is 9.34. The summed E-state index contributed by atoms with van der Waals surface area (Å²) in [5.74, 6) is 0. The first kappa shape index (κ1) is 24.9. The summed E-state index contributed by atoms with van der Waals surface area (Å²) in [7, 11) is 0. The molecular weight excluding hydrogens is 532 g/mol. The van der Waals surface area contributed by atoms with E-state index in [0.717, 1.165) is 11.4 Å². The highest BCUT2D eigenvalue weighted by Crippen LogP contribution is 2.55. The highest BCUT2D eigenvalue weighted by Gasteiger charge is 2.35. The third-order valence-corrected chi connectivity index (χ3v) is 9.34. The minimum absolute atomic E-state index is 0.000866. The van der Waals surface area contributed by atoms with Crippen molar-refractivity contribution in [3.8, 4) is 44.5 Å². The van der Waals surface area contributed by atoms with Crippen molar-refractivity contribution in [1.29, 1.82) is 0 Å². The smallest absolute Gasteiger partial charge is 0.0764 e. The molecule has 1 aliphatic carbocycles. The molecule has 0 bridgehead atoms. The molecule has 2 aliphatic rings. The summed E-state index contributed by atoms with van der Waals surface area (Å²) in [5.41, 5.74) is 15.1. The van der Waals surface area contributed by atoms with Crippen LogP contribution >= 0.6 is 0 Å². The summed E-state index contributed by atoms with van der Waals surface area (Å²) in [4.78, 5) is 0. The quantitative estimate of drug-likeness (QED) is 0.223. The highest BCUT2D eigenvalue weighted by molar-refractivity contribution is 6.19. The molecule has 44 heavy (non-hydrogen) atoms. The molecule has 2 nitrogen and oxygen atoms in total. The first-order valence-electron chi connectivity index (χ1n) is 15.4. The van der Waals surface area contributed by atoms with E-state index in [1.165, 1.54) is 66.4 Å². The van der Waals surface area contributed by atoms with Crippen LogP contribution in [0, 0.1) is 0 Å². The fourth-order valence-electron chi connectivity index (χ4n) is 7.38. The second kappa shape index (κ2) is 10.00. The summed E-state index contributed by atoms with van der Waals surface area (Å²) in [6.07, 6.45) is 0. The zero-order valence-corrected chi connectivity index (χ0v) is 24.2. The van der Waals surface area contributed by atoms with Gasteiger partial charge in [0.15, 0.2) is 0 Å². The van der Waals surface area contributed by atoms with Crippen molar-refractivity contribution in [2.75, 3.05) is 10.6 Å². The molecule has 2 unspecified atom stereocenters. The number of anilines is 2. The highest BCUT2D eigenvalue weighted by atomic mass is 15.1. The Balaban J connectivity index is 1.28. The van der Waals surface area contributed by atoms with Crippen LogP contribution < -0.4 is 10.6 Å². The largest absolute Gasteiger partial charge is 0.374 e. The number of rotatable bonds is 4. The Morgan fingerprint density at radius 1 is 0.386 bits per heavy atom. The zero-order chi connectivity index (χ0) is 29.0. The first-order valence-corrected chi connectivity index (χ1v) is 15.4. The summed E-state index contributed by atoms with van der Waals surface area (Å²) >= 11 is 0. The Morgan fingerprint density at radius 2 is 0.977 bits per heavy atom. The van der Waals surface area contributed by atoms with Gasteiger partial charge in [-0.1, -0.05) is 140 Å². The van der Waals surface area contributed by atoms with Crippen molar-refractivity contribution in [1.82, 2.24) is 0 Å². The van der Waals surface area contributed by atoms with E-state index in [-0.39, 0.29) is 12.1 Å². The maximum absolute atomic E-state index is 4.01. The van der Waals surface area contributed by atoms with Gasteiger partial charge in [-0.15, -0.1) is 0 Å². The minimum Gasteiger partial charge on any atom is -0.374 e. The Kier molecular flexibility index (Phi) is 5.67. The monoisotopic (exact) mass is 562 g/mol. The lowest BCUT2D eigenvalue weighted by atomic mass is 9.83. The first-order chi connectivity index (χ1) is 21.8. The normalized spacial score (nSPS) is 16.1. The fourth-order valence-corrected chi connectivity index (χ4v) is 7.38. The number of para-hydroxylation sites is 2. The molecule has 2 atom stereocenters. The van der Waals surface area contributed by atoms with E-state index in [9.17, 15) is 0 Å². The van der Waals surface area contributed by atoms with Gasteiger partial charge in [0.05, 0.1) is 23.5 Å². The zero-order valence-electron chi connectivity index (χ0n) is 24.2. The van der Waals surface area contributed by atoms with Crippen molar-refractivity contribution >= 4 is 22.1 Å². The van der Waals surface area contributed by atoms with Gasteiger partial charge in [0.2, 0.25) is 0 Å². The molecule has 0 amide bonds. The molecule has 208 valence electrons. The molecular formula is C42H30N2. The van der Waals surface area contributed by atoms with Crippen molar-refractivity contribution in [2.24, 2.45) is 0 Å².